The molecule has 2 rings (SSSR count). The van der Waals surface area contributed by atoms with Crippen LogP contribution in [0.2, 0.25) is 5.02 Å². The first-order valence-corrected chi connectivity index (χ1v) is 8.08. The molecule has 0 bridgehead atoms. The van der Waals surface area contributed by atoms with Crippen LogP contribution in [-0.4, -0.2) is 40.0 Å². The minimum Gasteiger partial charge on any atom is -0.399 e. The van der Waals surface area contributed by atoms with Crippen LogP contribution in [0.15, 0.2) is 17.0 Å². The summed E-state index contributed by atoms with van der Waals surface area (Å²) in [5.74, 6) is -0.744. The summed E-state index contributed by atoms with van der Waals surface area (Å²) in [5, 5.41) is -0.300. The molecule has 1 fully saturated rings. The first kappa shape index (κ1) is 15.5. The standard InChI is InChI=1S/C12H17ClFN3O2S/c1-17-3-2-8(7-17)6-16-20(18,19)11-5-9(15)4-10(13)12(11)14/h4-5,8,16H,2-3,6-7,15H2,1H3. The van der Waals surface area contributed by atoms with Gasteiger partial charge in [-0.3, -0.25) is 0 Å². The first-order chi connectivity index (χ1) is 9.29. The maximum atomic E-state index is 13.8. The maximum Gasteiger partial charge on any atom is 0.243 e. The Bertz CT molecular complexity index is 609. The number of rotatable bonds is 4. The lowest BCUT2D eigenvalue weighted by Gasteiger charge is -2.13. The fraction of sp³-hybridized carbons (Fsp3) is 0.500. The molecule has 3 N–H and O–H groups in total. The van der Waals surface area contributed by atoms with Gasteiger partial charge in [0.2, 0.25) is 10.0 Å². The zero-order valence-corrected chi connectivity index (χ0v) is 12.6. The Kier molecular flexibility index (Phi) is 4.53. The van der Waals surface area contributed by atoms with Crippen LogP contribution in [0.25, 0.3) is 0 Å². The second-order valence-electron chi connectivity index (χ2n) is 5.08. The molecule has 1 unspecified atom stereocenters. The van der Waals surface area contributed by atoms with Crippen LogP contribution >= 0.6 is 11.6 Å². The van der Waals surface area contributed by atoms with Crippen molar-refractivity contribution < 1.29 is 12.8 Å². The van der Waals surface area contributed by atoms with Crippen molar-refractivity contribution in [1.82, 2.24) is 9.62 Å². The summed E-state index contributed by atoms with van der Waals surface area (Å²) in [4.78, 5) is 1.62. The molecule has 0 aliphatic carbocycles. The van der Waals surface area contributed by atoms with E-state index in [2.05, 4.69) is 9.62 Å². The number of anilines is 1. The Morgan fingerprint density at radius 3 is 2.85 bits per heavy atom. The number of nitrogen functional groups attached to an aromatic ring is 1. The number of nitrogens with zero attached hydrogens (tertiary/aromatic N) is 1. The van der Waals surface area contributed by atoms with Crippen molar-refractivity contribution in [1.29, 1.82) is 0 Å². The Balaban J connectivity index is 2.14. The van der Waals surface area contributed by atoms with Crippen LogP contribution in [0.1, 0.15) is 6.42 Å². The van der Waals surface area contributed by atoms with Crippen molar-refractivity contribution in [2.45, 2.75) is 11.3 Å². The van der Waals surface area contributed by atoms with Crippen LogP contribution in [0.3, 0.4) is 0 Å². The monoisotopic (exact) mass is 321 g/mol. The van der Waals surface area contributed by atoms with Gasteiger partial charge in [0.05, 0.1) is 5.02 Å². The van der Waals surface area contributed by atoms with Gasteiger partial charge in [-0.05, 0) is 38.1 Å². The zero-order valence-electron chi connectivity index (χ0n) is 11.1. The molecule has 0 saturated carbocycles. The third-order valence-electron chi connectivity index (χ3n) is 3.36. The summed E-state index contributed by atoms with van der Waals surface area (Å²) >= 11 is 5.62. The lowest BCUT2D eigenvalue weighted by Crippen LogP contribution is -2.31. The van der Waals surface area contributed by atoms with Crippen molar-refractivity contribution in [3.63, 3.8) is 0 Å². The van der Waals surface area contributed by atoms with E-state index in [-0.39, 0.29) is 23.2 Å². The van der Waals surface area contributed by atoms with Gasteiger partial charge in [0, 0.05) is 18.8 Å². The van der Waals surface area contributed by atoms with E-state index >= 15 is 0 Å². The van der Waals surface area contributed by atoms with E-state index in [1.165, 1.54) is 6.07 Å². The molecule has 20 heavy (non-hydrogen) atoms. The Hall–Kier alpha value is -0.890. The molecule has 1 saturated heterocycles. The predicted octanol–water partition coefficient (Wildman–Crippen LogP) is 1.29. The maximum absolute atomic E-state index is 13.8. The zero-order chi connectivity index (χ0) is 14.9. The minimum atomic E-state index is -3.95. The summed E-state index contributed by atoms with van der Waals surface area (Å²) in [6, 6.07) is 2.26. The van der Waals surface area contributed by atoms with E-state index in [0.29, 0.717) is 0 Å². The molecule has 1 atom stereocenters. The van der Waals surface area contributed by atoms with E-state index < -0.39 is 20.7 Å². The summed E-state index contributed by atoms with van der Waals surface area (Å²) in [6.45, 7) is 2.03. The van der Waals surface area contributed by atoms with Crippen molar-refractivity contribution in [3.05, 3.63) is 23.0 Å². The topological polar surface area (TPSA) is 75.4 Å². The molecule has 0 radical (unpaired) electrons. The van der Waals surface area contributed by atoms with E-state index in [0.717, 1.165) is 25.6 Å². The average molecular weight is 322 g/mol. The predicted molar refractivity (Wildman–Crippen MR) is 76.6 cm³/mol. The van der Waals surface area contributed by atoms with Crippen LogP contribution < -0.4 is 10.5 Å². The lowest BCUT2D eigenvalue weighted by molar-refractivity contribution is 0.394. The van der Waals surface area contributed by atoms with Gasteiger partial charge >= 0.3 is 0 Å². The second-order valence-corrected chi connectivity index (χ2v) is 7.23. The summed E-state index contributed by atoms with van der Waals surface area (Å²) < 4.78 is 40.5. The smallest absolute Gasteiger partial charge is 0.243 e. The van der Waals surface area contributed by atoms with E-state index in [4.69, 9.17) is 17.3 Å². The minimum absolute atomic E-state index is 0.109. The molecular weight excluding hydrogens is 305 g/mol. The molecule has 1 aliphatic rings. The van der Waals surface area contributed by atoms with Crippen molar-refractivity contribution in [2.24, 2.45) is 5.92 Å². The fourth-order valence-electron chi connectivity index (χ4n) is 2.28. The van der Waals surface area contributed by atoms with Crippen LogP contribution in [0, 0.1) is 11.7 Å². The van der Waals surface area contributed by atoms with Gasteiger partial charge in [0.25, 0.3) is 0 Å². The molecule has 0 amide bonds. The Morgan fingerprint density at radius 1 is 1.55 bits per heavy atom. The number of likely N-dealkylation sites (tertiary alicyclic amines) is 1. The summed E-state index contributed by atoms with van der Waals surface area (Å²) in [6.07, 6.45) is 0.916. The normalized spacial score (nSPS) is 20.4. The number of halogens is 2. The molecular formula is C12H17ClFN3O2S. The number of hydrogen-bond donors (Lipinski definition) is 2. The summed E-state index contributed by atoms with van der Waals surface area (Å²) in [5.41, 5.74) is 5.62. The van der Waals surface area contributed by atoms with E-state index in [1.54, 1.807) is 0 Å². The number of nitrogens with one attached hydrogen (secondary N) is 1. The van der Waals surface area contributed by atoms with Gasteiger partial charge in [0.1, 0.15) is 4.90 Å². The summed E-state index contributed by atoms with van der Waals surface area (Å²) in [7, 11) is -1.97. The first-order valence-electron chi connectivity index (χ1n) is 6.22. The van der Waals surface area contributed by atoms with Gasteiger partial charge in [0.15, 0.2) is 5.82 Å². The number of nitrogens with two attached hydrogens (primary N) is 1. The molecule has 0 spiro atoms. The quantitative estimate of drug-likeness (QED) is 0.819. The molecule has 1 aromatic carbocycles. The number of sulfonamides is 1. The molecule has 1 aromatic rings. The van der Waals surface area contributed by atoms with Crippen molar-refractivity contribution in [3.8, 4) is 0 Å². The van der Waals surface area contributed by atoms with Gasteiger partial charge in [-0.15, -0.1) is 0 Å². The largest absolute Gasteiger partial charge is 0.399 e. The van der Waals surface area contributed by atoms with Crippen LogP contribution in [0.5, 0.6) is 0 Å². The highest BCUT2D eigenvalue weighted by Crippen LogP contribution is 2.25. The van der Waals surface area contributed by atoms with Gasteiger partial charge < -0.3 is 10.6 Å². The van der Waals surface area contributed by atoms with Gasteiger partial charge in [-0.25, -0.2) is 17.5 Å². The van der Waals surface area contributed by atoms with Crippen LogP contribution in [-0.2, 0) is 10.0 Å². The highest BCUT2D eigenvalue weighted by Gasteiger charge is 2.25. The van der Waals surface area contributed by atoms with E-state index in [9.17, 15) is 12.8 Å². The molecule has 1 heterocycles. The van der Waals surface area contributed by atoms with Gasteiger partial charge in [-0.1, -0.05) is 11.6 Å². The molecule has 112 valence electrons. The molecule has 5 nitrogen and oxygen atoms in total. The highest BCUT2D eigenvalue weighted by atomic mass is 35.5. The van der Waals surface area contributed by atoms with Crippen LogP contribution in [0.4, 0.5) is 10.1 Å². The third kappa shape index (κ3) is 3.41. The Labute approximate surface area is 122 Å². The number of hydrogen-bond acceptors (Lipinski definition) is 4. The van der Waals surface area contributed by atoms with Crippen molar-refractivity contribution in [2.75, 3.05) is 32.4 Å². The van der Waals surface area contributed by atoms with E-state index in [1.807, 2.05) is 7.05 Å². The number of benzene rings is 1. The third-order valence-corrected chi connectivity index (χ3v) is 5.06. The SMILES string of the molecule is CN1CCC(CNS(=O)(=O)c2cc(N)cc(Cl)c2F)C1. The second kappa shape index (κ2) is 5.85. The molecule has 0 aromatic heterocycles. The molecule has 8 heteroatoms. The van der Waals surface area contributed by atoms with Crippen molar-refractivity contribution >= 4 is 27.3 Å². The highest BCUT2D eigenvalue weighted by molar-refractivity contribution is 7.89. The van der Waals surface area contributed by atoms with Gasteiger partial charge in [-0.2, -0.15) is 0 Å². The lowest BCUT2D eigenvalue weighted by atomic mass is 10.1. The molecule has 1 aliphatic heterocycles. The fourth-order valence-corrected chi connectivity index (χ4v) is 3.81. The average Bonchev–Trinajstić information content (AvgIpc) is 2.77. The Morgan fingerprint density at radius 2 is 2.25 bits per heavy atom.